The van der Waals surface area contributed by atoms with Crippen LogP contribution in [0, 0.1) is 27.7 Å². The summed E-state index contributed by atoms with van der Waals surface area (Å²) in [7, 11) is 0. The third-order valence-electron chi connectivity index (χ3n) is 5.03. The zero-order valence-electron chi connectivity index (χ0n) is 17.3. The standard InChI is InChI=1S/C24H34O3/c1-19-7-5-8-20(2)23(19)11-13-25-15-17-27-18-16-26-14-12-24-21(3)9-6-10-22(24)4/h5-10H,11-18H2,1-4H3. The highest BCUT2D eigenvalue weighted by atomic mass is 16.5. The normalized spacial score (nSPS) is 11.1. The van der Waals surface area contributed by atoms with Gasteiger partial charge in [0.2, 0.25) is 0 Å². The Labute approximate surface area is 164 Å². The van der Waals surface area contributed by atoms with Crippen molar-refractivity contribution in [1.29, 1.82) is 0 Å². The molecule has 0 atom stereocenters. The van der Waals surface area contributed by atoms with E-state index in [2.05, 4.69) is 64.1 Å². The van der Waals surface area contributed by atoms with E-state index in [4.69, 9.17) is 14.2 Å². The fourth-order valence-electron chi connectivity index (χ4n) is 3.38. The van der Waals surface area contributed by atoms with E-state index in [0.717, 1.165) is 26.1 Å². The highest BCUT2D eigenvalue weighted by Crippen LogP contribution is 2.14. The van der Waals surface area contributed by atoms with Gasteiger partial charge in [-0.2, -0.15) is 0 Å². The van der Waals surface area contributed by atoms with Crippen molar-refractivity contribution in [2.75, 3.05) is 39.6 Å². The van der Waals surface area contributed by atoms with Crippen molar-refractivity contribution in [3.05, 3.63) is 69.8 Å². The number of rotatable bonds is 12. The van der Waals surface area contributed by atoms with Gasteiger partial charge in [0.1, 0.15) is 0 Å². The summed E-state index contributed by atoms with van der Waals surface area (Å²) >= 11 is 0. The highest BCUT2D eigenvalue weighted by Gasteiger charge is 2.03. The Bertz CT molecular complexity index is 594. The number of hydrogen-bond acceptors (Lipinski definition) is 3. The molecule has 0 aliphatic carbocycles. The topological polar surface area (TPSA) is 27.7 Å². The van der Waals surface area contributed by atoms with E-state index in [1.807, 2.05) is 0 Å². The van der Waals surface area contributed by atoms with Gasteiger partial charge in [0, 0.05) is 0 Å². The van der Waals surface area contributed by atoms with Crippen LogP contribution in [0.15, 0.2) is 36.4 Å². The molecule has 0 N–H and O–H groups in total. The van der Waals surface area contributed by atoms with Crippen molar-refractivity contribution in [2.24, 2.45) is 0 Å². The Morgan fingerprint density at radius 3 is 1.11 bits per heavy atom. The van der Waals surface area contributed by atoms with Gasteiger partial charge in [-0.3, -0.25) is 0 Å². The van der Waals surface area contributed by atoms with Gasteiger partial charge in [-0.05, 0) is 73.9 Å². The van der Waals surface area contributed by atoms with Crippen LogP contribution in [0.4, 0.5) is 0 Å². The minimum atomic E-state index is 0.618. The maximum Gasteiger partial charge on any atom is 0.0701 e. The molecule has 0 saturated heterocycles. The number of ether oxygens (including phenoxy) is 3. The average Bonchev–Trinajstić information content (AvgIpc) is 2.63. The second kappa shape index (κ2) is 11.9. The molecule has 0 bridgehead atoms. The van der Waals surface area contributed by atoms with Gasteiger partial charge in [-0.25, -0.2) is 0 Å². The van der Waals surface area contributed by atoms with Crippen molar-refractivity contribution in [3.63, 3.8) is 0 Å². The van der Waals surface area contributed by atoms with E-state index in [0.29, 0.717) is 26.4 Å². The predicted octanol–water partition coefficient (Wildman–Crippen LogP) is 4.76. The molecule has 0 amide bonds. The third kappa shape index (κ3) is 7.45. The second-order valence-corrected chi connectivity index (χ2v) is 7.08. The van der Waals surface area contributed by atoms with Gasteiger partial charge in [-0.15, -0.1) is 0 Å². The average molecular weight is 371 g/mol. The quantitative estimate of drug-likeness (QED) is 0.504. The highest BCUT2D eigenvalue weighted by molar-refractivity contribution is 5.34. The first-order chi connectivity index (χ1) is 13.1. The van der Waals surface area contributed by atoms with Crippen LogP contribution in [0.5, 0.6) is 0 Å². The molecule has 2 rings (SSSR count). The van der Waals surface area contributed by atoms with E-state index in [9.17, 15) is 0 Å². The summed E-state index contributed by atoms with van der Waals surface area (Å²) in [4.78, 5) is 0. The minimum absolute atomic E-state index is 0.618. The van der Waals surface area contributed by atoms with Crippen molar-refractivity contribution in [1.82, 2.24) is 0 Å². The van der Waals surface area contributed by atoms with Gasteiger partial charge < -0.3 is 14.2 Å². The summed E-state index contributed by atoms with van der Waals surface area (Å²) in [6.07, 6.45) is 1.92. The molecule has 0 fully saturated rings. The molecule has 0 radical (unpaired) electrons. The van der Waals surface area contributed by atoms with E-state index >= 15 is 0 Å². The van der Waals surface area contributed by atoms with Crippen LogP contribution in [0.3, 0.4) is 0 Å². The summed E-state index contributed by atoms with van der Waals surface area (Å²) in [6.45, 7) is 12.6. The van der Waals surface area contributed by atoms with Crippen LogP contribution in [-0.2, 0) is 27.1 Å². The largest absolute Gasteiger partial charge is 0.379 e. The van der Waals surface area contributed by atoms with Crippen LogP contribution >= 0.6 is 0 Å². The molecule has 3 nitrogen and oxygen atoms in total. The fraction of sp³-hybridized carbons (Fsp3) is 0.500. The fourth-order valence-corrected chi connectivity index (χ4v) is 3.38. The molecule has 0 aliphatic heterocycles. The molecule has 0 unspecified atom stereocenters. The minimum Gasteiger partial charge on any atom is -0.379 e. The molecule has 0 spiro atoms. The first-order valence-corrected chi connectivity index (χ1v) is 9.93. The molecule has 2 aromatic carbocycles. The first-order valence-electron chi connectivity index (χ1n) is 9.93. The van der Waals surface area contributed by atoms with Gasteiger partial charge in [-0.1, -0.05) is 36.4 Å². The Morgan fingerprint density at radius 1 is 0.481 bits per heavy atom. The van der Waals surface area contributed by atoms with Crippen molar-refractivity contribution < 1.29 is 14.2 Å². The smallest absolute Gasteiger partial charge is 0.0701 e. The van der Waals surface area contributed by atoms with Gasteiger partial charge in [0.15, 0.2) is 0 Å². The maximum absolute atomic E-state index is 5.69. The van der Waals surface area contributed by atoms with Crippen molar-refractivity contribution in [3.8, 4) is 0 Å². The molecule has 148 valence electrons. The molecule has 0 aliphatic rings. The lowest BCUT2D eigenvalue weighted by atomic mass is 10.0. The molecule has 0 heterocycles. The summed E-state index contributed by atoms with van der Waals surface area (Å²) in [6, 6.07) is 12.8. The lowest BCUT2D eigenvalue weighted by Crippen LogP contribution is -2.12. The molecule has 3 heteroatoms. The molecular formula is C24H34O3. The molecule has 27 heavy (non-hydrogen) atoms. The van der Waals surface area contributed by atoms with E-state index in [-0.39, 0.29) is 0 Å². The van der Waals surface area contributed by atoms with Crippen LogP contribution < -0.4 is 0 Å². The summed E-state index contributed by atoms with van der Waals surface area (Å²) < 4.78 is 17.0. The molecular weight excluding hydrogens is 336 g/mol. The monoisotopic (exact) mass is 370 g/mol. The summed E-state index contributed by atoms with van der Waals surface area (Å²) in [5.41, 5.74) is 8.16. The third-order valence-corrected chi connectivity index (χ3v) is 5.03. The first kappa shape index (κ1) is 21.6. The lowest BCUT2D eigenvalue weighted by molar-refractivity contribution is 0.0156. The Kier molecular flexibility index (Phi) is 9.54. The maximum atomic E-state index is 5.69. The van der Waals surface area contributed by atoms with Gasteiger partial charge in [0.05, 0.1) is 39.6 Å². The van der Waals surface area contributed by atoms with E-state index in [1.165, 1.54) is 33.4 Å². The zero-order valence-corrected chi connectivity index (χ0v) is 17.3. The number of aryl methyl sites for hydroxylation is 4. The number of hydrogen-bond donors (Lipinski definition) is 0. The van der Waals surface area contributed by atoms with Gasteiger partial charge in [0.25, 0.3) is 0 Å². The van der Waals surface area contributed by atoms with E-state index < -0.39 is 0 Å². The molecule has 2 aromatic rings. The summed E-state index contributed by atoms with van der Waals surface area (Å²) in [5, 5.41) is 0. The predicted molar refractivity (Wildman–Crippen MR) is 112 cm³/mol. The van der Waals surface area contributed by atoms with Crippen LogP contribution in [0.2, 0.25) is 0 Å². The molecule has 0 saturated carbocycles. The van der Waals surface area contributed by atoms with E-state index in [1.54, 1.807) is 0 Å². The second-order valence-electron chi connectivity index (χ2n) is 7.08. The van der Waals surface area contributed by atoms with Crippen LogP contribution in [-0.4, -0.2) is 39.6 Å². The van der Waals surface area contributed by atoms with Crippen LogP contribution in [0.25, 0.3) is 0 Å². The number of benzene rings is 2. The van der Waals surface area contributed by atoms with Crippen molar-refractivity contribution in [2.45, 2.75) is 40.5 Å². The SMILES string of the molecule is Cc1cccc(C)c1CCOCCOCCOCCc1c(C)cccc1C. The summed E-state index contributed by atoms with van der Waals surface area (Å²) in [5.74, 6) is 0. The Balaban J connectivity index is 1.46. The molecule has 0 aromatic heterocycles. The zero-order chi connectivity index (χ0) is 19.5. The van der Waals surface area contributed by atoms with Gasteiger partial charge >= 0.3 is 0 Å². The Morgan fingerprint density at radius 2 is 0.778 bits per heavy atom. The lowest BCUT2D eigenvalue weighted by Gasteiger charge is -2.11. The van der Waals surface area contributed by atoms with Crippen molar-refractivity contribution >= 4 is 0 Å². The Hall–Kier alpha value is -1.68. The van der Waals surface area contributed by atoms with Crippen LogP contribution in [0.1, 0.15) is 33.4 Å².